The first-order valence-electron chi connectivity index (χ1n) is 6.96. The zero-order chi connectivity index (χ0) is 14.9. The molecule has 2 nitrogen and oxygen atoms in total. The van der Waals surface area contributed by atoms with Crippen LogP contribution in [0.15, 0.2) is 80.8 Å². The minimum atomic E-state index is -0.0166. The van der Waals surface area contributed by atoms with E-state index in [4.69, 9.17) is 4.42 Å². The number of para-hydroxylation sites is 1. The van der Waals surface area contributed by atoms with Crippen molar-refractivity contribution in [1.82, 2.24) is 0 Å². The van der Waals surface area contributed by atoms with Gasteiger partial charge in [0, 0.05) is 11.6 Å². The number of thiophene rings is 1. The van der Waals surface area contributed by atoms with Gasteiger partial charge in [-0.1, -0.05) is 30.3 Å². The number of fused-ring (bicyclic) bond motifs is 1. The molecule has 0 saturated heterocycles. The molecule has 0 N–H and O–H groups in total. The highest BCUT2D eigenvalue weighted by Crippen LogP contribution is 2.31. The fourth-order valence-electron chi connectivity index (χ4n) is 2.63. The summed E-state index contributed by atoms with van der Waals surface area (Å²) in [5, 5.41) is 4.81. The maximum atomic E-state index is 12.0. The summed E-state index contributed by atoms with van der Waals surface area (Å²) in [5.41, 5.74) is 4.97. The van der Waals surface area contributed by atoms with Gasteiger partial charge in [0.1, 0.15) is 5.58 Å². The molecular formula is C19H12O2S. The van der Waals surface area contributed by atoms with Gasteiger partial charge in [0.25, 0.3) is 0 Å². The van der Waals surface area contributed by atoms with Gasteiger partial charge >= 0.3 is 0 Å². The third-order valence-electron chi connectivity index (χ3n) is 3.71. The molecule has 4 rings (SSSR count). The normalized spacial score (nSPS) is 10.9. The van der Waals surface area contributed by atoms with E-state index in [0.29, 0.717) is 11.0 Å². The van der Waals surface area contributed by atoms with E-state index in [0.717, 1.165) is 16.7 Å². The van der Waals surface area contributed by atoms with Crippen LogP contribution in [-0.4, -0.2) is 0 Å². The van der Waals surface area contributed by atoms with Crippen LogP contribution >= 0.6 is 11.3 Å². The van der Waals surface area contributed by atoms with Crippen LogP contribution in [0.1, 0.15) is 0 Å². The zero-order valence-electron chi connectivity index (χ0n) is 11.7. The molecule has 0 fully saturated rings. The lowest BCUT2D eigenvalue weighted by molar-refractivity contribution is 0.603. The average molecular weight is 304 g/mol. The van der Waals surface area contributed by atoms with E-state index >= 15 is 0 Å². The van der Waals surface area contributed by atoms with Gasteiger partial charge in [0.15, 0.2) is 5.43 Å². The summed E-state index contributed by atoms with van der Waals surface area (Å²) in [6, 6.07) is 17.5. The van der Waals surface area contributed by atoms with Crippen molar-refractivity contribution in [3.05, 3.63) is 81.8 Å². The van der Waals surface area contributed by atoms with Gasteiger partial charge in [-0.15, -0.1) is 0 Å². The van der Waals surface area contributed by atoms with Gasteiger partial charge in [0.05, 0.1) is 11.6 Å². The molecule has 2 aromatic carbocycles. The molecule has 22 heavy (non-hydrogen) atoms. The predicted molar refractivity (Wildman–Crippen MR) is 91.2 cm³/mol. The van der Waals surface area contributed by atoms with E-state index in [2.05, 4.69) is 29.0 Å². The fourth-order valence-corrected chi connectivity index (χ4v) is 3.30. The molecule has 0 radical (unpaired) electrons. The van der Waals surface area contributed by atoms with Crippen molar-refractivity contribution in [1.29, 1.82) is 0 Å². The first-order valence-corrected chi connectivity index (χ1v) is 7.91. The van der Waals surface area contributed by atoms with Crippen LogP contribution in [0, 0.1) is 0 Å². The maximum Gasteiger partial charge on any atom is 0.192 e. The molecule has 0 atom stereocenters. The molecule has 2 heterocycles. The number of rotatable bonds is 2. The molecule has 0 aliphatic heterocycles. The molecule has 106 valence electrons. The Bertz CT molecular complexity index is 997. The van der Waals surface area contributed by atoms with E-state index in [1.54, 1.807) is 17.4 Å². The van der Waals surface area contributed by atoms with Crippen LogP contribution in [0.5, 0.6) is 0 Å². The standard InChI is InChI=1S/C19H12O2S/c20-18-7-9-21-19-16(5-2-6-17(18)19)14-4-1-3-13(11-14)15-8-10-22-12-15/h1-12H. The number of benzene rings is 2. The topological polar surface area (TPSA) is 30.2 Å². The highest BCUT2D eigenvalue weighted by molar-refractivity contribution is 7.08. The van der Waals surface area contributed by atoms with Crippen LogP contribution in [0.4, 0.5) is 0 Å². The van der Waals surface area contributed by atoms with Crippen LogP contribution in [0.2, 0.25) is 0 Å². The quantitative estimate of drug-likeness (QED) is 0.510. The lowest BCUT2D eigenvalue weighted by atomic mass is 9.99. The monoisotopic (exact) mass is 304 g/mol. The van der Waals surface area contributed by atoms with Gasteiger partial charge in [0.2, 0.25) is 0 Å². The Labute approximate surface area is 131 Å². The molecule has 0 aliphatic rings. The molecular weight excluding hydrogens is 292 g/mol. The molecule has 2 aromatic heterocycles. The largest absolute Gasteiger partial charge is 0.463 e. The van der Waals surface area contributed by atoms with Gasteiger partial charge in [-0.25, -0.2) is 0 Å². The average Bonchev–Trinajstić information content (AvgIpc) is 3.09. The van der Waals surface area contributed by atoms with Crippen LogP contribution in [0.25, 0.3) is 33.2 Å². The summed E-state index contributed by atoms with van der Waals surface area (Å²) in [5.74, 6) is 0. The Kier molecular flexibility index (Phi) is 3.13. The Morgan fingerprint density at radius 3 is 2.59 bits per heavy atom. The highest BCUT2D eigenvalue weighted by atomic mass is 32.1. The second-order valence-electron chi connectivity index (χ2n) is 5.06. The summed E-state index contributed by atoms with van der Waals surface area (Å²) >= 11 is 1.68. The SMILES string of the molecule is O=c1ccoc2c(-c3cccc(-c4ccsc4)c3)cccc12. The summed E-state index contributed by atoms with van der Waals surface area (Å²) in [6.07, 6.45) is 1.46. The molecule has 0 saturated carbocycles. The zero-order valence-corrected chi connectivity index (χ0v) is 12.5. The van der Waals surface area contributed by atoms with Gasteiger partial charge in [-0.05, 0) is 45.6 Å². The van der Waals surface area contributed by atoms with Gasteiger partial charge < -0.3 is 4.42 Å². The molecule has 0 unspecified atom stereocenters. The third-order valence-corrected chi connectivity index (χ3v) is 4.40. The van der Waals surface area contributed by atoms with Crippen molar-refractivity contribution in [3.63, 3.8) is 0 Å². The molecule has 0 bridgehead atoms. The van der Waals surface area contributed by atoms with Gasteiger partial charge in [-0.2, -0.15) is 11.3 Å². The molecule has 0 amide bonds. The smallest absolute Gasteiger partial charge is 0.192 e. The van der Waals surface area contributed by atoms with Crippen molar-refractivity contribution < 1.29 is 4.42 Å². The van der Waals surface area contributed by atoms with Crippen LogP contribution in [0.3, 0.4) is 0 Å². The van der Waals surface area contributed by atoms with Crippen molar-refractivity contribution in [2.24, 2.45) is 0 Å². The second kappa shape index (κ2) is 5.28. The molecule has 0 spiro atoms. The second-order valence-corrected chi connectivity index (χ2v) is 5.84. The molecule has 3 heteroatoms. The summed E-state index contributed by atoms with van der Waals surface area (Å²) < 4.78 is 5.61. The number of hydrogen-bond acceptors (Lipinski definition) is 3. The van der Waals surface area contributed by atoms with Gasteiger partial charge in [-0.3, -0.25) is 4.79 Å². The lowest BCUT2D eigenvalue weighted by Crippen LogP contribution is -1.98. The van der Waals surface area contributed by atoms with Crippen LogP contribution < -0.4 is 5.43 Å². The van der Waals surface area contributed by atoms with E-state index in [1.807, 2.05) is 24.3 Å². The Balaban J connectivity index is 1.95. The Morgan fingerprint density at radius 1 is 0.864 bits per heavy atom. The van der Waals surface area contributed by atoms with Crippen molar-refractivity contribution in [3.8, 4) is 22.3 Å². The number of hydrogen-bond donors (Lipinski definition) is 0. The fraction of sp³-hybridized carbons (Fsp3) is 0. The van der Waals surface area contributed by atoms with Crippen molar-refractivity contribution in [2.45, 2.75) is 0 Å². The Morgan fingerprint density at radius 2 is 1.73 bits per heavy atom. The lowest BCUT2D eigenvalue weighted by Gasteiger charge is -2.07. The minimum absolute atomic E-state index is 0.0166. The summed E-state index contributed by atoms with van der Waals surface area (Å²) in [7, 11) is 0. The minimum Gasteiger partial charge on any atom is -0.463 e. The van der Waals surface area contributed by atoms with E-state index in [-0.39, 0.29) is 5.43 Å². The first-order chi connectivity index (χ1) is 10.8. The third kappa shape index (κ3) is 2.16. The van der Waals surface area contributed by atoms with Crippen molar-refractivity contribution >= 4 is 22.3 Å². The Hall–Kier alpha value is -2.65. The first kappa shape index (κ1) is 13.0. The molecule has 0 aliphatic carbocycles. The highest BCUT2D eigenvalue weighted by Gasteiger charge is 2.09. The summed E-state index contributed by atoms with van der Waals surface area (Å²) in [4.78, 5) is 12.0. The summed E-state index contributed by atoms with van der Waals surface area (Å²) in [6.45, 7) is 0. The van der Waals surface area contributed by atoms with Crippen LogP contribution in [-0.2, 0) is 0 Å². The van der Waals surface area contributed by atoms with E-state index in [9.17, 15) is 4.79 Å². The predicted octanol–water partition coefficient (Wildman–Crippen LogP) is 5.19. The maximum absolute atomic E-state index is 12.0. The molecule has 4 aromatic rings. The van der Waals surface area contributed by atoms with E-state index < -0.39 is 0 Å². The van der Waals surface area contributed by atoms with Crippen molar-refractivity contribution in [2.75, 3.05) is 0 Å². The van der Waals surface area contributed by atoms with E-state index in [1.165, 1.54) is 17.9 Å².